The Bertz CT molecular complexity index is 381. The van der Waals surface area contributed by atoms with Crippen molar-refractivity contribution in [3.8, 4) is 0 Å². The first kappa shape index (κ1) is 14.1. The number of hydrogen-bond donors (Lipinski definition) is 1. The average molecular weight is 220 g/mol. The van der Waals surface area contributed by atoms with E-state index in [1.807, 2.05) is 0 Å². The van der Waals surface area contributed by atoms with Crippen LogP contribution in [0.5, 0.6) is 0 Å². The first-order valence-electron chi connectivity index (χ1n) is 4.60. The summed E-state index contributed by atoms with van der Waals surface area (Å²) in [5.74, 6) is -0.0210. The van der Waals surface area contributed by atoms with Crippen LogP contribution in [0.4, 0.5) is 0 Å². The number of methoxy groups -OCH3 is 1. The van der Waals surface area contributed by atoms with E-state index in [2.05, 4.69) is 17.9 Å². The normalized spacial score (nSPS) is 8.62. The zero-order chi connectivity index (χ0) is 12.6. The summed E-state index contributed by atoms with van der Waals surface area (Å²) in [5, 5.41) is 9.17. The number of carbonyl (C=O) groups excluding carboxylic acids is 1. The van der Waals surface area contributed by atoms with Gasteiger partial charge in [-0.15, -0.1) is 0 Å². The third-order valence-electron chi connectivity index (χ3n) is 1.74. The minimum Gasteiger partial charge on any atom is -0.508 e. The van der Waals surface area contributed by atoms with Crippen molar-refractivity contribution in [3.63, 3.8) is 0 Å². The van der Waals surface area contributed by atoms with Gasteiger partial charge in [-0.25, -0.2) is 0 Å². The first-order chi connectivity index (χ1) is 7.60. The van der Waals surface area contributed by atoms with Crippen LogP contribution in [0.2, 0.25) is 0 Å². The molecule has 3 heteroatoms. The van der Waals surface area contributed by atoms with E-state index in [1.165, 1.54) is 0 Å². The van der Waals surface area contributed by atoms with Crippen LogP contribution in [-0.2, 0) is 4.74 Å². The molecule has 0 spiro atoms. The summed E-state index contributed by atoms with van der Waals surface area (Å²) in [6, 6.07) is 4.91. The zero-order valence-corrected chi connectivity index (χ0v) is 9.56. The highest BCUT2D eigenvalue weighted by molar-refractivity contribution is 5.79. The highest BCUT2D eigenvalue weighted by Crippen LogP contribution is 2.17. The summed E-state index contributed by atoms with van der Waals surface area (Å²) in [4.78, 5) is 10.4. The molecule has 86 valence electrons. The van der Waals surface area contributed by atoms with Gasteiger partial charge in [0.1, 0.15) is 12.0 Å². The Kier molecular flexibility index (Phi) is 6.56. The molecule has 0 bridgehead atoms. The molecule has 0 saturated carbocycles. The summed E-state index contributed by atoms with van der Waals surface area (Å²) in [6.45, 7) is 6.99. The molecular weight excluding hydrogens is 204 g/mol. The van der Waals surface area contributed by atoms with Gasteiger partial charge in [0, 0.05) is 25.3 Å². The van der Waals surface area contributed by atoms with Gasteiger partial charge >= 0.3 is 0 Å². The molecule has 0 atom stereocenters. The van der Waals surface area contributed by atoms with E-state index in [1.54, 1.807) is 38.5 Å². The van der Waals surface area contributed by atoms with Gasteiger partial charge in [0.2, 0.25) is 0 Å². The predicted molar refractivity (Wildman–Crippen MR) is 66.5 cm³/mol. The first-order valence-corrected chi connectivity index (χ1v) is 4.60. The lowest BCUT2D eigenvalue weighted by Gasteiger charge is -2.04. The summed E-state index contributed by atoms with van der Waals surface area (Å²) >= 11 is 0. The van der Waals surface area contributed by atoms with Gasteiger partial charge in [0.25, 0.3) is 0 Å². The number of aliphatic hydroxyl groups excluding tert-OH is 1. The van der Waals surface area contributed by atoms with Crippen molar-refractivity contribution in [3.05, 3.63) is 48.0 Å². The topological polar surface area (TPSA) is 46.5 Å². The number of benzene rings is 1. The number of ether oxygens (including phenoxy) is 1. The molecule has 1 aromatic carbocycles. The second kappa shape index (κ2) is 7.43. The third-order valence-corrected chi connectivity index (χ3v) is 1.74. The molecule has 1 aromatic rings. The highest BCUT2D eigenvalue weighted by Gasteiger charge is 2.02. The maximum atomic E-state index is 10.4. The van der Waals surface area contributed by atoms with E-state index < -0.39 is 0 Å². The second-order valence-electron chi connectivity index (χ2n) is 3.02. The lowest BCUT2D eigenvalue weighted by molar-refractivity contribution is 0.112. The van der Waals surface area contributed by atoms with E-state index in [4.69, 9.17) is 5.11 Å². The third kappa shape index (κ3) is 4.11. The van der Waals surface area contributed by atoms with E-state index in [0.717, 1.165) is 6.29 Å². The number of aldehydes is 1. The van der Waals surface area contributed by atoms with Crippen molar-refractivity contribution in [1.29, 1.82) is 0 Å². The van der Waals surface area contributed by atoms with Gasteiger partial charge in [-0.1, -0.05) is 25.3 Å². The molecule has 0 aliphatic heterocycles. The van der Waals surface area contributed by atoms with Crippen molar-refractivity contribution in [2.75, 3.05) is 14.2 Å². The molecular formula is C13H16O3. The quantitative estimate of drug-likeness (QED) is 0.629. The van der Waals surface area contributed by atoms with Gasteiger partial charge in [-0.3, -0.25) is 4.79 Å². The summed E-state index contributed by atoms with van der Waals surface area (Å²) in [6.07, 6.45) is 2.32. The van der Waals surface area contributed by atoms with Gasteiger partial charge in [-0.2, -0.15) is 0 Å². The largest absolute Gasteiger partial charge is 0.508 e. The average Bonchev–Trinajstić information content (AvgIpc) is 2.29. The van der Waals surface area contributed by atoms with Crippen LogP contribution in [0.25, 0.3) is 11.8 Å². The second-order valence-corrected chi connectivity index (χ2v) is 3.02. The van der Waals surface area contributed by atoms with Crippen molar-refractivity contribution in [1.82, 2.24) is 0 Å². The molecule has 1 N–H and O–H groups in total. The van der Waals surface area contributed by atoms with Crippen molar-refractivity contribution in [2.45, 2.75) is 0 Å². The van der Waals surface area contributed by atoms with Gasteiger partial charge in [0.05, 0.1) is 0 Å². The molecule has 1 rings (SSSR count). The number of aliphatic hydroxyl groups is 1. The minimum atomic E-state index is -0.0210. The standard InChI is InChI=1S/C11H10O2.C2H6O/c1-3-10-6-9(7-12)4-5-11(10)8(2)13;1-3-2/h3-7,13H,1-2H2;1-2H3. The van der Waals surface area contributed by atoms with Crippen LogP contribution in [0.1, 0.15) is 21.5 Å². The number of carbonyl (C=O) groups is 1. The van der Waals surface area contributed by atoms with Crippen LogP contribution < -0.4 is 0 Å². The molecule has 0 heterocycles. The Balaban J connectivity index is 0.000000673. The van der Waals surface area contributed by atoms with Gasteiger partial charge in [0.15, 0.2) is 0 Å². The molecule has 0 aliphatic carbocycles. The molecule has 0 fully saturated rings. The fourth-order valence-corrected chi connectivity index (χ4v) is 1.09. The molecule has 0 saturated heterocycles. The van der Waals surface area contributed by atoms with Gasteiger partial charge in [-0.05, 0) is 17.7 Å². The molecule has 3 nitrogen and oxygen atoms in total. The summed E-state index contributed by atoms with van der Waals surface area (Å²) < 4.78 is 4.25. The molecule has 16 heavy (non-hydrogen) atoms. The van der Waals surface area contributed by atoms with Crippen molar-refractivity contribution in [2.24, 2.45) is 0 Å². The molecule has 0 aliphatic rings. The maximum Gasteiger partial charge on any atom is 0.150 e. The zero-order valence-electron chi connectivity index (χ0n) is 9.56. The van der Waals surface area contributed by atoms with E-state index in [-0.39, 0.29) is 5.76 Å². The molecule has 0 aromatic heterocycles. The van der Waals surface area contributed by atoms with Crippen molar-refractivity contribution >= 4 is 18.1 Å². The highest BCUT2D eigenvalue weighted by atomic mass is 16.4. The number of rotatable bonds is 3. The lowest BCUT2D eigenvalue weighted by atomic mass is 10.0. The molecule has 0 unspecified atom stereocenters. The van der Waals surface area contributed by atoms with Gasteiger partial charge < -0.3 is 9.84 Å². The Labute approximate surface area is 95.7 Å². The fraction of sp³-hybridized carbons (Fsp3) is 0.154. The minimum absolute atomic E-state index is 0.0210. The van der Waals surface area contributed by atoms with E-state index >= 15 is 0 Å². The SMILES string of the molecule is C=Cc1cc(C=O)ccc1C(=C)O.COC. The Morgan fingerprint density at radius 2 is 2.00 bits per heavy atom. The molecule has 0 radical (unpaired) electrons. The lowest BCUT2D eigenvalue weighted by Crippen LogP contribution is -1.89. The summed E-state index contributed by atoms with van der Waals surface area (Å²) in [5.41, 5.74) is 1.86. The van der Waals surface area contributed by atoms with Crippen LogP contribution >= 0.6 is 0 Å². The Hall–Kier alpha value is -1.87. The van der Waals surface area contributed by atoms with E-state index in [0.29, 0.717) is 16.7 Å². The Morgan fingerprint density at radius 1 is 1.44 bits per heavy atom. The van der Waals surface area contributed by atoms with Crippen LogP contribution in [0.3, 0.4) is 0 Å². The maximum absolute atomic E-state index is 10.4. The van der Waals surface area contributed by atoms with Crippen LogP contribution in [-0.4, -0.2) is 25.6 Å². The van der Waals surface area contributed by atoms with Crippen LogP contribution in [0.15, 0.2) is 31.4 Å². The Morgan fingerprint density at radius 3 is 2.38 bits per heavy atom. The fourth-order valence-electron chi connectivity index (χ4n) is 1.09. The number of hydrogen-bond acceptors (Lipinski definition) is 3. The van der Waals surface area contributed by atoms with Crippen LogP contribution in [0, 0.1) is 0 Å². The monoisotopic (exact) mass is 220 g/mol. The smallest absolute Gasteiger partial charge is 0.150 e. The predicted octanol–water partition coefficient (Wildman–Crippen LogP) is 2.93. The van der Waals surface area contributed by atoms with E-state index in [9.17, 15) is 4.79 Å². The molecule has 0 amide bonds. The summed E-state index contributed by atoms with van der Waals surface area (Å²) in [7, 11) is 3.25. The van der Waals surface area contributed by atoms with Crippen molar-refractivity contribution < 1.29 is 14.6 Å².